The van der Waals surface area contributed by atoms with Crippen LogP contribution in [0.25, 0.3) is 0 Å². The molecule has 0 rings (SSSR count). The molecular formula is C10H18F3NO4S. The summed E-state index contributed by atoms with van der Waals surface area (Å²) in [4.78, 5) is 10.6. The molecule has 0 saturated carbocycles. The van der Waals surface area contributed by atoms with Crippen molar-refractivity contribution in [3.8, 4) is 0 Å². The highest BCUT2D eigenvalue weighted by Crippen LogP contribution is 2.21. The van der Waals surface area contributed by atoms with E-state index in [4.69, 9.17) is 5.11 Å². The highest BCUT2D eigenvalue weighted by Gasteiger charge is 2.28. The Morgan fingerprint density at radius 1 is 1.32 bits per heavy atom. The fourth-order valence-corrected chi connectivity index (χ4v) is 2.81. The lowest BCUT2D eigenvalue weighted by molar-refractivity contribution is -0.137. The van der Waals surface area contributed by atoms with Gasteiger partial charge in [-0.15, -0.1) is 0 Å². The van der Waals surface area contributed by atoms with Crippen LogP contribution in [-0.2, 0) is 14.8 Å². The smallest absolute Gasteiger partial charge is 0.389 e. The lowest BCUT2D eigenvalue weighted by Gasteiger charge is -2.20. The fraction of sp³-hybridized carbons (Fsp3) is 0.900. The van der Waals surface area contributed by atoms with Gasteiger partial charge in [0.25, 0.3) is 0 Å². The number of halogens is 3. The number of aliphatic carboxylic acids is 1. The molecule has 0 aliphatic rings. The summed E-state index contributed by atoms with van der Waals surface area (Å²) in [6, 6.07) is -0.826. The van der Waals surface area contributed by atoms with Crippen LogP contribution in [0.1, 0.15) is 33.1 Å². The Morgan fingerprint density at radius 2 is 1.84 bits per heavy atom. The van der Waals surface area contributed by atoms with Crippen molar-refractivity contribution in [3.63, 3.8) is 0 Å². The molecule has 0 amide bonds. The van der Waals surface area contributed by atoms with Gasteiger partial charge in [0.15, 0.2) is 0 Å². The third-order valence-corrected chi connectivity index (χ3v) is 3.89. The molecule has 1 atom stereocenters. The zero-order chi connectivity index (χ0) is 15.3. The number of hydrogen-bond donors (Lipinski definition) is 2. The van der Waals surface area contributed by atoms with Crippen LogP contribution in [-0.4, -0.2) is 37.5 Å². The summed E-state index contributed by atoms with van der Waals surface area (Å²) in [5.74, 6) is -2.11. The number of rotatable bonds is 8. The van der Waals surface area contributed by atoms with Gasteiger partial charge in [-0.1, -0.05) is 13.8 Å². The summed E-state index contributed by atoms with van der Waals surface area (Å²) < 4.78 is 60.9. The molecule has 0 aliphatic heterocycles. The maximum Gasteiger partial charge on any atom is 0.389 e. The second-order valence-electron chi connectivity index (χ2n) is 4.60. The molecule has 2 N–H and O–H groups in total. The Kier molecular flexibility index (Phi) is 6.78. The molecular weight excluding hydrogens is 287 g/mol. The summed E-state index contributed by atoms with van der Waals surface area (Å²) >= 11 is 0. The SMILES string of the molecule is CC(C)C(CC(=O)O)NS(=O)(=O)CCCC(F)(F)F. The van der Waals surface area contributed by atoms with E-state index in [9.17, 15) is 26.4 Å². The molecule has 9 heteroatoms. The molecule has 0 aromatic carbocycles. The molecule has 0 fully saturated rings. The van der Waals surface area contributed by atoms with Crippen molar-refractivity contribution in [3.05, 3.63) is 0 Å². The first-order valence-electron chi connectivity index (χ1n) is 5.71. The van der Waals surface area contributed by atoms with Crippen LogP contribution >= 0.6 is 0 Å². The maximum absolute atomic E-state index is 11.9. The fourth-order valence-electron chi connectivity index (χ4n) is 1.35. The average Bonchev–Trinajstić information content (AvgIpc) is 2.12. The van der Waals surface area contributed by atoms with Crippen LogP contribution in [0.15, 0.2) is 0 Å². The van der Waals surface area contributed by atoms with E-state index in [1.54, 1.807) is 13.8 Å². The normalized spacial score (nSPS) is 14.6. The van der Waals surface area contributed by atoms with Crippen molar-refractivity contribution < 1.29 is 31.5 Å². The second-order valence-corrected chi connectivity index (χ2v) is 6.48. The number of carboxylic acids is 1. The highest BCUT2D eigenvalue weighted by atomic mass is 32.2. The second kappa shape index (κ2) is 7.09. The number of nitrogens with one attached hydrogen (secondary N) is 1. The maximum atomic E-state index is 11.9. The topological polar surface area (TPSA) is 83.5 Å². The molecule has 0 aromatic rings. The van der Waals surface area contributed by atoms with Gasteiger partial charge in [-0.2, -0.15) is 13.2 Å². The van der Waals surface area contributed by atoms with Crippen LogP contribution in [0.3, 0.4) is 0 Å². The minimum Gasteiger partial charge on any atom is -0.481 e. The zero-order valence-corrected chi connectivity index (χ0v) is 11.5. The van der Waals surface area contributed by atoms with E-state index in [1.807, 2.05) is 0 Å². The number of carbonyl (C=O) groups is 1. The van der Waals surface area contributed by atoms with Gasteiger partial charge in [0.05, 0.1) is 12.2 Å². The largest absolute Gasteiger partial charge is 0.481 e. The minimum atomic E-state index is -4.39. The monoisotopic (exact) mass is 305 g/mol. The van der Waals surface area contributed by atoms with Crippen LogP contribution in [0.4, 0.5) is 13.2 Å². The van der Waals surface area contributed by atoms with Gasteiger partial charge in [0, 0.05) is 12.5 Å². The first kappa shape index (κ1) is 18.2. The summed E-state index contributed by atoms with van der Waals surface area (Å²) in [5, 5.41) is 8.63. The Morgan fingerprint density at radius 3 is 2.21 bits per heavy atom. The van der Waals surface area contributed by atoms with Gasteiger partial charge in [-0.25, -0.2) is 13.1 Å². The molecule has 19 heavy (non-hydrogen) atoms. The minimum absolute atomic E-state index is 0.270. The quantitative estimate of drug-likeness (QED) is 0.715. The van der Waals surface area contributed by atoms with Gasteiger partial charge in [-0.05, 0) is 12.3 Å². The van der Waals surface area contributed by atoms with Crippen LogP contribution in [0.2, 0.25) is 0 Å². The van der Waals surface area contributed by atoms with Crippen molar-refractivity contribution in [2.24, 2.45) is 5.92 Å². The Balaban J connectivity index is 4.43. The lowest BCUT2D eigenvalue weighted by Crippen LogP contribution is -2.41. The van der Waals surface area contributed by atoms with Crippen LogP contribution in [0.5, 0.6) is 0 Å². The van der Waals surface area contributed by atoms with Crippen LogP contribution in [0, 0.1) is 5.92 Å². The number of sulfonamides is 1. The molecule has 0 radical (unpaired) electrons. The molecule has 0 aliphatic carbocycles. The summed E-state index contributed by atoms with van der Waals surface area (Å²) in [6.45, 7) is 3.26. The Hall–Kier alpha value is -0.830. The first-order chi connectivity index (χ1) is 8.43. The molecule has 0 bridgehead atoms. The van der Waals surface area contributed by atoms with E-state index in [-0.39, 0.29) is 5.92 Å². The van der Waals surface area contributed by atoms with E-state index in [2.05, 4.69) is 4.72 Å². The summed E-state index contributed by atoms with van der Waals surface area (Å²) in [5.41, 5.74) is 0. The van der Waals surface area contributed by atoms with Crippen molar-refractivity contribution in [1.29, 1.82) is 0 Å². The molecule has 0 saturated heterocycles. The molecule has 0 spiro atoms. The van der Waals surface area contributed by atoms with Gasteiger partial charge in [0.1, 0.15) is 0 Å². The van der Waals surface area contributed by atoms with Gasteiger partial charge < -0.3 is 5.11 Å². The van der Waals surface area contributed by atoms with Crippen molar-refractivity contribution in [2.75, 3.05) is 5.75 Å². The molecule has 0 heterocycles. The summed E-state index contributed by atoms with van der Waals surface area (Å²) in [7, 11) is -3.91. The van der Waals surface area contributed by atoms with E-state index >= 15 is 0 Å². The van der Waals surface area contributed by atoms with E-state index in [1.165, 1.54) is 0 Å². The average molecular weight is 305 g/mol. The molecule has 114 valence electrons. The standard InChI is InChI=1S/C10H18F3NO4S/c1-7(2)8(6-9(15)16)14-19(17,18)5-3-4-10(11,12)13/h7-8,14H,3-6H2,1-2H3,(H,15,16). The molecule has 1 unspecified atom stereocenters. The highest BCUT2D eigenvalue weighted by molar-refractivity contribution is 7.89. The van der Waals surface area contributed by atoms with Gasteiger partial charge in [-0.3, -0.25) is 4.79 Å². The lowest BCUT2D eigenvalue weighted by atomic mass is 10.0. The number of alkyl halides is 3. The third kappa shape index (κ3) is 9.71. The van der Waals surface area contributed by atoms with E-state index in [0.29, 0.717) is 0 Å². The van der Waals surface area contributed by atoms with Gasteiger partial charge >= 0.3 is 12.1 Å². The molecule has 5 nitrogen and oxygen atoms in total. The van der Waals surface area contributed by atoms with E-state index in [0.717, 1.165) is 0 Å². The van der Waals surface area contributed by atoms with Crippen molar-refractivity contribution in [2.45, 2.75) is 45.3 Å². The molecule has 0 aromatic heterocycles. The first-order valence-corrected chi connectivity index (χ1v) is 7.37. The predicted molar refractivity (Wildman–Crippen MR) is 63.1 cm³/mol. The summed E-state index contributed by atoms with van der Waals surface area (Å²) in [6.07, 6.45) is -6.53. The van der Waals surface area contributed by atoms with Crippen molar-refractivity contribution in [1.82, 2.24) is 4.72 Å². The zero-order valence-electron chi connectivity index (χ0n) is 10.7. The van der Waals surface area contributed by atoms with E-state index < -0.39 is 53.2 Å². The number of hydrogen-bond acceptors (Lipinski definition) is 3. The van der Waals surface area contributed by atoms with Crippen LogP contribution < -0.4 is 4.72 Å². The predicted octanol–water partition coefficient (Wildman–Crippen LogP) is 1.75. The number of carboxylic acid groups (broad SMARTS) is 1. The third-order valence-electron chi connectivity index (χ3n) is 2.40. The van der Waals surface area contributed by atoms with Crippen molar-refractivity contribution >= 4 is 16.0 Å². The Bertz CT molecular complexity index is 392. The van der Waals surface area contributed by atoms with Gasteiger partial charge in [0.2, 0.25) is 10.0 Å². The Labute approximate surface area is 110 Å².